The van der Waals surface area contributed by atoms with E-state index in [-0.39, 0.29) is 11.4 Å². The molecular weight excluding hydrogens is 270 g/mol. The molecule has 0 bridgehead atoms. The molecule has 1 heterocycles. The third kappa shape index (κ3) is 3.34. The van der Waals surface area contributed by atoms with Crippen molar-refractivity contribution in [2.45, 2.75) is 4.90 Å². The fourth-order valence-corrected chi connectivity index (χ4v) is 2.43. The van der Waals surface area contributed by atoms with Crippen molar-refractivity contribution < 1.29 is 13.2 Å². The van der Waals surface area contributed by atoms with Gasteiger partial charge in [-0.1, -0.05) is 0 Å². The van der Waals surface area contributed by atoms with Crippen LogP contribution in [0, 0.1) is 0 Å². The number of sulfonamides is 1. The van der Waals surface area contributed by atoms with Crippen LogP contribution in [0.25, 0.3) is 5.69 Å². The fraction of sp³-hybridized carbons (Fsp3) is 0.300. The second kappa shape index (κ2) is 5.87. The molecule has 1 aromatic heterocycles. The molecular formula is C10H13N5O3S. The number of nitrogens with one attached hydrogen (secondary N) is 1. The number of methoxy groups -OCH3 is 1. The van der Waals surface area contributed by atoms with Crippen molar-refractivity contribution >= 4 is 10.0 Å². The van der Waals surface area contributed by atoms with Gasteiger partial charge in [-0.15, -0.1) is 5.10 Å². The first kappa shape index (κ1) is 13.6. The van der Waals surface area contributed by atoms with E-state index in [0.717, 1.165) is 0 Å². The molecule has 0 aliphatic carbocycles. The first-order valence-corrected chi connectivity index (χ1v) is 6.94. The van der Waals surface area contributed by atoms with Crippen molar-refractivity contribution in [2.75, 3.05) is 20.3 Å². The molecule has 0 spiro atoms. The Balaban J connectivity index is 2.14. The van der Waals surface area contributed by atoms with Gasteiger partial charge in [-0.25, -0.2) is 17.8 Å². The fourth-order valence-electron chi connectivity index (χ4n) is 1.42. The summed E-state index contributed by atoms with van der Waals surface area (Å²) >= 11 is 0. The van der Waals surface area contributed by atoms with Gasteiger partial charge in [-0.05, 0) is 34.7 Å². The summed E-state index contributed by atoms with van der Waals surface area (Å²) in [5.41, 5.74) is 0.681. The number of nitrogens with zero attached hydrogens (tertiary/aromatic N) is 4. The Hall–Kier alpha value is -1.84. The van der Waals surface area contributed by atoms with Gasteiger partial charge in [0.25, 0.3) is 0 Å². The average molecular weight is 283 g/mol. The first-order valence-electron chi connectivity index (χ1n) is 5.45. The van der Waals surface area contributed by atoms with E-state index in [1.54, 1.807) is 12.1 Å². The molecule has 8 nitrogen and oxygen atoms in total. The minimum Gasteiger partial charge on any atom is -0.383 e. The SMILES string of the molecule is COCCNS(=O)(=O)c1ccc(-n2cnnn2)cc1. The number of benzene rings is 1. The lowest BCUT2D eigenvalue weighted by molar-refractivity contribution is 0.204. The molecule has 102 valence electrons. The molecule has 0 amide bonds. The van der Waals surface area contributed by atoms with Gasteiger partial charge in [-0.3, -0.25) is 0 Å². The minimum atomic E-state index is -3.51. The lowest BCUT2D eigenvalue weighted by Crippen LogP contribution is -2.27. The summed E-state index contributed by atoms with van der Waals surface area (Å²) in [4.78, 5) is 0.181. The molecule has 0 saturated carbocycles. The maximum atomic E-state index is 11.9. The zero-order valence-electron chi connectivity index (χ0n) is 10.2. The van der Waals surface area contributed by atoms with Crippen LogP contribution in [0.1, 0.15) is 0 Å². The van der Waals surface area contributed by atoms with E-state index in [1.807, 2.05) is 0 Å². The first-order chi connectivity index (χ1) is 9.13. The molecule has 2 aromatic rings. The predicted octanol–water partition coefficient (Wildman–Crippen LogP) is -0.413. The van der Waals surface area contributed by atoms with Gasteiger partial charge in [0.05, 0.1) is 17.2 Å². The number of rotatable bonds is 6. The van der Waals surface area contributed by atoms with E-state index in [4.69, 9.17) is 4.74 Å². The Kier molecular flexibility index (Phi) is 4.20. The van der Waals surface area contributed by atoms with Crippen LogP contribution in [0.3, 0.4) is 0 Å². The zero-order valence-corrected chi connectivity index (χ0v) is 11.0. The van der Waals surface area contributed by atoms with E-state index in [9.17, 15) is 8.42 Å². The van der Waals surface area contributed by atoms with Crippen LogP contribution in [0.5, 0.6) is 0 Å². The quantitative estimate of drug-likeness (QED) is 0.723. The van der Waals surface area contributed by atoms with Gasteiger partial charge in [0.2, 0.25) is 10.0 Å². The number of hydrogen-bond donors (Lipinski definition) is 1. The van der Waals surface area contributed by atoms with Gasteiger partial charge in [0, 0.05) is 13.7 Å². The Morgan fingerprint density at radius 1 is 1.32 bits per heavy atom. The van der Waals surface area contributed by atoms with Crippen LogP contribution in [0.15, 0.2) is 35.5 Å². The van der Waals surface area contributed by atoms with Crippen molar-refractivity contribution in [1.82, 2.24) is 24.9 Å². The second-order valence-electron chi connectivity index (χ2n) is 3.64. The summed E-state index contributed by atoms with van der Waals surface area (Å²) in [7, 11) is -2.00. The molecule has 0 saturated heterocycles. The highest BCUT2D eigenvalue weighted by molar-refractivity contribution is 7.89. The van der Waals surface area contributed by atoms with E-state index < -0.39 is 10.0 Å². The molecule has 9 heteroatoms. The Labute approximate surface area is 110 Å². The third-order valence-corrected chi connectivity index (χ3v) is 3.84. The molecule has 0 aliphatic heterocycles. The summed E-state index contributed by atoms with van der Waals surface area (Å²) in [5.74, 6) is 0. The van der Waals surface area contributed by atoms with Gasteiger partial charge in [0.1, 0.15) is 6.33 Å². The van der Waals surface area contributed by atoms with Crippen molar-refractivity contribution in [2.24, 2.45) is 0 Å². The van der Waals surface area contributed by atoms with E-state index in [2.05, 4.69) is 20.2 Å². The molecule has 1 aromatic carbocycles. The smallest absolute Gasteiger partial charge is 0.240 e. The molecule has 1 N–H and O–H groups in total. The lowest BCUT2D eigenvalue weighted by atomic mass is 10.3. The molecule has 0 fully saturated rings. The van der Waals surface area contributed by atoms with E-state index >= 15 is 0 Å². The lowest BCUT2D eigenvalue weighted by Gasteiger charge is -2.06. The summed E-state index contributed by atoms with van der Waals surface area (Å²) in [6, 6.07) is 6.24. The monoisotopic (exact) mass is 283 g/mol. The average Bonchev–Trinajstić information content (AvgIpc) is 2.93. The molecule has 2 rings (SSSR count). The normalized spacial score (nSPS) is 11.6. The Bertz CT molecular complexity index is 609. The molecule has 0 atom stereocenters. The van der Waals surface area contributed by atoms with Crippen LogP contribution in [0.4, 0.5) is 0 Å². The Morgan fingerprint density at radius 2 is 2.05 bits per heavy atom. The minimum absolute atomic E-state index is 0.181. The van der Waals surface area contributed by atoms with Gasteiger partial charge < -0.3 is 4.74 Å². The Morgan fingerprint density at radius 3 is 2.63 bits per heavy atom. The van der Waals surface area contributed by atoms with E-state index in [1.165, 1.54) is 30.3 Å². The molecule has 0 radical (unpaired) electrons. The van der Waals surface area contributed by atoms with Gasteiger partial charge in [0.15, 0.2) is 0 Å². The summed E-state index contributed by atoms with van der Waals surface area (Å²) in [5, 5.41) is 10.7. The van der Waals surface area contributed by atoms with Crippen LogP contribution in [-0.4, -0.2) is 48.9 Å². The number of ether oxygens (including phenoxy) is 1. The number of hydrogen-bond acceptors (Lipinski definition) is 6. The van der Waals surface area contributed by atoms with Crippen molar-refractivity contribution in [3.05, 3.63) is 30.6 Å². The molecule has 0 unspecified atom stereocenters. The highest BCUT2D eigenvalue weighted by Gasteiger charge is 2.13. The maximum Gasteiger partial charge on any atom is 0.240 e. The largest absolute Gasteiger partial charge is 0.383 e. The zero-order chi connectivity index (χ0) is 13.7. The van der Waals surface area contributed by atoms with Crippen molar-refractivity contribution in [3.63, 3.8) is 0 Å². The summed E-state index contributed by atoms with van der Waals surface area (Å²) < 4.78 is 32.4. The van der Waals surface area contributed by atoms with Gasteiger partial charge >= 0.3 is 0 Å². The van der Waals surface area contributed by atoms with Crippen LogP contribution in [0.2, 0.25) is 0 Å². The predicted molar refractivity (Wildman–Crippen MR) is 66.2 cm³/mol. The van der Waals surface area contributed by atoms with Crippen molar-refractivity contribution in [1.29, 1.82) is 0 Å². The van der Waals surface area contributed by atoms with E-state index in [0.29, 0.717) is 12.3 Å². The summed E-state index contributed by atoms with van der Waals surface area (Å²) in [6.07, 6.45) is 1.43. The highest BCUT2D eigenvalue weighted by Crippen LogP contribution is 2.12. The highest BCUT2D eigenvalue weighted by atomic mass is 32.2. The third-order valence-electron chi connectivity index (χ3n) is 2.36. The standard InChI is InChI=1S/C10H13N5O3S/c1-18-7-6-12-19(16,17)10-4-2-9(3-5-10)15-8-11-13-14-15/h2-5,8,12H,6-7H2,1H3. The number of tetrazole rings is 1. The number of aromatic nitrogens is 4. The van der Waals surface area contributed by atoms with Crippen molar-refractivity contribution in [3.8, 4) is 5.69 Å². The van der Waals surface area contributed by atoms with Crippen LogP contribution >= 0.6 is 0 Å². The molecule has 0 aliphatic rings. The van der Waals surface area contributed by atoms with Crippen LogP contribution < -0.4 is 4.72 Å². The maximum absolute atomic E-state index is 11.9. The summed E-state index contributed by atoms with van der Waals surface area (Å²) in [6.45, 7) is 0.551. The van der Waals surface area contributed by atoms with Gasteiger partial charge in [-0.2, -0.15) is 0 Å². The molecule has 19 heavy (non-hydrogen) atoms. The topological polar surface area (TPSA) is 99.0 Å². The second-order valence-corrected chi connectivity index (χ2v) is 5.41. The van der Waals surface area contributed by atoms with Crippen LogP contribution in [-0.2, 0) is 14.8 Å².